The Bertz CT molecular complexity index is 767. The van der Waals surface area contributed by atoms with Crippen LogP contribution in [0.3, 0.4) is 0 Å². The molecule has 0 bridgehead atoms. The second kappa shape index (κ2) is 7.35. The number of carbonyl (C=O) groups excluding carboxylic acids is 2. The molecule has 3 rings (SSSR count). The molecule has 0 aliphatic carbocycles. The van der Waals surface area contributed by atoms with Crippen LogP contribution < -0.4 is 0 Å². The predicted molar refractivity (Wildman–Crippen MR) is 96.4 cm³/mol. The number of aromatic nitrogens is 3. The predicted octanol–water partition coefficient (Wildman–Crippen LogP) is 2.29. The van der Waals surface area contributed by atoms with Crippen molar-refractivity contribution in [2.24, 2.45) is 0 Å². The number of nitrogens with zero attached hydrogens (tertiary/aromatic N) is 4. The van der Waals surface area contributed by atoms with Gasteiger partial charge in [-0.2, -0.15) is 5.10 Å². The molecule has 0 aromatic carbocycles. The fraction of sp³-hybridized carbons (Fsp3) is 0.412. The molecule has 0 spiro atoms. The van der Waals surface area contributed by atoms with E-state index in [-0.39, 0.29) is 17.7 Å². The molecule has 3 heterocycles. The minimum absolute atomic E-state index is 0.0526. The van der Waals surface area contributed by atoms with E-state index in [9.17, 15) is 9.59 Å². The van der Waals surface area contributed by atoms with Gasteiger partial charge in [-0.1, -0.05) is 13.8 Å². The van der Waals surface area contributed by atoms with Gasteiger partial charge in [0.25, 0.3) is 11.8 Å². The number of H-pyrrole nitrogens is 1. The van der Waals surface area contributed by atoms with Crippen molar-refractivity contribution < 1.29 is 9.59 Å². The highest BCUT2D eigenvalue weighted by molar-refractivity contribution is 9.10. The van der Waals surface area contributed by atoms with Crippen molar-refractivity contribution in [2.45, 2.75) is 19.8 Å². The lowest BCUT2D eigenvalue weighted by molar-refractivity contribution is 0.0531. The third-order valence-corrected chi connectivity index (χ3v) is 5.08. The van der Waals surface area contributed by atoms with E-state index in [1.807, 2.05) is 13.8 Å². The molecule has 132 valence electrons. The molecule has 2 aromatic heterocycles. The number of hydrogen-bond acceptors (Lipinski definition) is 4. The zero-order valence-electron chi connectivity index (χ0n) is 14.2. The van der Waals surface area contributed by atoms with Gasteiger partial charge in [-0.15, -0.1) is 0 Å². The third kappa shape index (κ3) is 3.58. The molecule has 25 heavy (non-hydrogen) atoms. The van der Waals surface area contributed by atoms with E-state index < -0.39 is 0 Å². The lowest BCUT2D eigenvalue weighted by Crippen LogP contribution is -2.50. The quantitative estimate of drug-likeness (QED) is 0.848. The standard InChI is InChI=1S/C17H20BrN5O2/c1-11(2)14-13(18)15(21-20-14)17(25)23-8-6-22(7-9-23)16(24)12-4-3-5-19-10-12/h3-5,10-11H,6-9H2,1-2H3,(H,20,21). The number of nitrogens with one attached hydrogen (secondary N) is 1. The van der Waals surface area contributed by atoms with Crippen molar-refractivity contribution in [3.8, 4) is 0 Å². The van der Waals surface area contributed by atoms with Gasteiger partial charge in [-0.05, 0) is 34.0 Å². The summed E-state index contributed by atoms with van der Waals surface area (Å²) in [5.74, 6) is 0.0733. The number of aromatic amines is 1. The molecule has 1 aliphatic rings. The summed E-state index contributed by atoms with van der Waals surface area (Å²) < 4.78 is 0.723. The maximum Gasteiger partial charge on any atom is 0.275 e. The molecule has 7 nitrogen and oxygen atoms in total. The van der Waals surface area contributed by atoms with Crippen LogP contribution in [0, 0.1) is 0 Å². The van der Waals surface area contributed by atoms with Crippen molar-refractivity contribution in [3.63, 3.8) is 0 Å². The summed E-state index contributed by atoms with van der Waals surface area (Å²) in [6, 6.07) is 3.50. The van der Waals surface area contributed by atoms with Gasteiger partial charge in [0.15, 0.2) is 5.69 Å². The van der Waals surface area contributed by atoms with Gasteiger partial charge >= 0.3 is 0 Å². The highest BCUT2D eigenvalue weighted by Crippen LogP contribution is 2.26. The average Bonchev–Trinajstić information content (AvgIpc) is 3.03. The lowest BCUT2D eigenvalue weighted by Gasteiger charge is -2.34. The summed E-state index contributed by atoms with van der Waals surface area (Å²) in [5, 5.41) is 7.09. The molecule has 2 amide bonds. The Balaban J connectivity index is 1.64. The fourth-order valence-electron chi connectivity index (χ4n) is 2.80. The van der Waals surface area contributed by atoms with Crippen LogP contribution in [0.5, 0.6) is 0 Å². The average molecular weight is 406 g/mol. The highest BCUT2D eigenvalue weighted by atomic mass is 79.9. The maximum absolute atomic E-state index is 12.7. The van der Waals surface area contributed by atoms with Crippen LogP contribution in [0.1, 0.15) is 46.3 Å². The lowest BCUT2D eigenvalue weighted by atomic mass is 10.1. The first kappa shape index (κ1) is 17.6. The van der Waals surface area contributed by atoms with Crippen LogP contribution in [0.4, 0.5) is 0 Å². The van der Waals surface area contributed by atoms with Gasteiger partial charge in [0.05, 0.1) is 15.7 Å². The van der Waals surface area contributed by atoms with Gasteiger partial charge in [-0.3, -0.25) is 19.7 Å². The van der Waals surface area contributed by atoms with Crippen molar-refractivity contribution in [3.05, 3.63) is 46.0 Å². The zero-order chi connectivity index (χ0) is 18.0. The Morgan fingerprint density at radius 2 is 1.80 bits per heavy atom. The first-order chi connectivity index (χ1) is 12.0. The Kier molecular flexibility index (Phi) is 5.17. The van der Waals surface area contributed by atoms with Gasteiger partial charge in [0.1, 0.15) is 0 Å². The Labute approximate surface area is 154 Å². The van der Waals surface area contributed by atoms with Crippen LogP contribution in [-0.2, 0) is 0 Å². The smallest absolute Gasteiger partial charge is 0.275 e. The van der Waals surface area contributed by atoms with Crippen LogP contribution in [0.25, 0.3) is 0 Å². The molecule has 1 N–H and O–H groups in total. The molecule has 0 saturated carbocycles. The van der Waals surface area contributed by atoms with E-state index in [1.54, 1.807) is 34.3 Å². The van der Waals surface area contributed by atoms with E-state index in [2.05, 4.69) is 31.1 Å². The Morgan fingerprint density at radius 3 is 2.32 bits per heavy atom. The minimum Gasteiger partial charge on any atom is -0.335 e. The summed E-state index contributed by atoms with van der Waals surface area (Å²) in [4.78, 5) is 32.6. The van der Waals surface area contributed by atoms with Crippen molar-refractivity contribution in [1.29, 1.82) is 0 Å². The number of piperazine rings is 1. The van der Waals surface area contributed by atoms with Gasteiger partial charge in [-0.25, -0.2) is 0 Å². The van der Waals surface area contributed by atoms with Crippen LogP contribution >= 0.6 is 15.9 Å². The summed E-state index contributed by atoms with van der Waals surface area (Å²) in [6.45, 7) is 6.05. The van der Waals surface area contributed by atoms with Gasteiger partial charge < -0.3 is 9.80 Å². The van der Waals surface area contributed by atoms with E-state index in [1.165, 1.54) is 0 Å². The Morgan fingerprint density at radius 1 is 1.16 bits per heavy atom. The monoisotopic (exact) mass is 405 g/mol. The highest BCUT2D eigenvalue weighted by Gasteiger charge is 2.28. The molecule has 1 aliphatic heterocycles. The van der Waals surface area contributed by atoms with Crippen molar-refractivity contribution in [1.82, 2.24) is 25.0 Å². The SMILES string of the molecule is CC(C)c1[nH]nc(C(=O)N2CCN(C(=O)c3cccnc3)CC2)c1Br. The number of halogens is 1. The van der Waals surface area contributed by atoms with E-state index in [0.717, 1.165) is 10.2 Å². The first-order valence-electron chi connectivity index (χ1n) is 8.21. The van der Waals surface area contributed by atoms with Gasteiger partial charge in [0.2, 0.25) is 0 Å². The van der Waals surface area contributed by atoms with Crippen molar-refractivity contribution in [2.75, 3.05) is 26.2 Å². The molecule has 8 heteroatoms. The van der Waals surface area contributed by atoms with Gasteiger partial charge in [0, 0.05) is 38.6 Å². The maximum atomic E-state index is 12.7. The second-order valence-corrected chi connectivity index (χ2v) is 7.07. The molecular weight excluding hydrogens is 386 g/mol. The van der Waals surface area contributed by atoms with E-state index >= 15 is 0 Å². The number of pyridine rings is 1. The molecular formula is C17H20BrN5O2. The summed E-state index contributed by atoms with van der Waals surface area (Å²) in [5.41, 5.74) is 1.88. The summed E-state index contributed by atoms with van der Waals surface area (Å²) in [6.07, 6.45) is 3.20. The first-order valence-corrected chi connectivity index (χ1v) is 9.00. The largest absolute Gasteiger partial charge is 0.335 e. The number of rotatable bonds is 3. The molecule has 1 saturated heterocycles. The van der Waals surface area contributed by atoms with Crippen molar-refractivity contribution >= 4 is 27.7 Å². The number of hydrogen-bond donors (Lipinski definition) is 1. The third-order valence-electron chi connectivity index (χ3n) is 4.28. The van der Waals surface area contributed by atoms with Crippen LogP contribution in [0.15, 0.2) is 29.0 Å². The van der Waals surface area contributed by atoms with E-state index in [4.69, 9.17) is 0 Å². The molecule has 0 radical (unpaired) electrons. The fourth-order valence-corrected chi connectivity index (χ4v) is 3.61. The molecule has 0 atom stereocenters. The molecule has 1 fully saturated rings. The topological polar surface area (TPSA) is 82.2 Å². The number of carbonyl (C=O) groups is 2. The second-order valence-electron chi connectivity index (χ2n) is 6.28. The van der Waals surface area contributed by atoms with Crippen LogP contribution in [0.2, 0.25) is 0 Å². The summed E-state index contributed by atoms with van der Waals surface area (Å²) >= 11 is 3.47. The minimum atomic E-state index is -0.122. The molecule has 0 unspecified atom stereocenters. The van der Waals surface area contributed by atoms with E-state index in [0.29, 0.717) is 37.4 Å². The van der Waals surface area contributed by atoms with Crippen LogP contribution in [-0.4, -0.2) is 63.0 Å². The Hall–Kier alpha value is -2.22. The summed E-state index contributed by atoms with van der Waals surface area (Å²) in [7, 11) is 0. The molecule has 2 aromatic rings. The normalized spacial score (nSPS) is 14.9. The number of amides is 2. The zero-order valence-corrected chi connectivity index (χ0v) is 15.8.